The average molecular weight is 716 g/mol. The summed E-state index contributed by atoms with van der Waals surface area (Å²) in [4.78, 5) is 22.1. The average Bonchev–Trinajstić information content (AvgIpc) is 3.15. The predicted molar refractivity (Wildman–Crippen MR) is 208 cm³/mol. The minimum atomic E-state index is 0.0415. The first kappa shape index (κ1) is 36.7. The number of pyridine rings is 1. The predicted octanol–water partition coefficient (Wildman–Crippen LogP) is 9.40. The highest BCUT2D eigenvalue weighted by atomic mass is 35.5. The van der Waals surface area contributed by atoms with Gasteiger partial charge in [-0.1, -0.05) is 83.4 Å². The molecule has 4 aromatic carbocycles. The summed E-state index contributed by atoms with van der Waals surface area (Å²) in [6.45, 7) is 12.9. The molecule has 1 fully saturated rings. The largest absolute Gasteiger partial charge is 0.493 e. The van der Waals surface area contributed by atoms with Gasteiger partial charge in [-0.2, -0.15) is 0 Å². The van der Waals surface area contributed by atoms with Gasteiger partial charge in [-0.15, -0.1) is 0 Å². The standard InChI is InChI=1S/C44H46ClN3O4/c1-31-5-9-37(10-6-31)30-51-40-17-18-42(46-28-40)52-43-33(3)25-38(27-41(43)45)26-34(4)44(49)48-22-20-47(21-23-48)29-36-13-11-35(12-14-36)19-24-50-39-15-7-32(2)8-16-39/h5-18,25-28H,19-24,29-30H2,1-4H3/b34-26+. The van der Waals surface area contributed by atoms with E-state index in [9.17, 15) is 4.79 Å². The molecule has 2 heterocycles. The number of piperazine rings is 1. The van der Waals surface area contributed by atoms with Gasteiger partial charge in [0.1, 0.15) is 18.1 Å². The molecule has 52 heavy (non-hydrogen) atoms. The van der Waals surface area contributed by atoms with Crippen LogP contribution in [0.2, 0.25) is 5.02 Å². The van der Waals surface area contributed by atoms with Crippen LogP contribution in [-0.4, -0.2) is 53.5 Å². The van der Waals surface area contributed by atoms with Crippen LogP contribution in [0.15, 0.2) is 109 Å². The molecule has 8 heteroatoms. The molecule has 5 aromatic rings. The van der Waals surface area contributed by atoms with Crippen LogP contribution in [-0.2, 0) is 24.4 Å². The van der Waals surface area contributed by atoms with Crippen molar-refractivity contribution in [3.8, 4) is 23.1 Å². The van der Waals surface area contributed by atoms with E-state index in [1.807, 2.05) is 55.2 Å². The Bertz CT molecular complexity index is 1940. The number of hydrogen-bond acceptors (Lipinski definition) is 6. The number of amides is 1. The summed E-state index contributed by atoms with van der Waals surface area (Å²) in [7, 11) is 0. The molecule has 0 saturated carbocycles. The third-order valence-corrected chi connectivity index (χ3v) is 9.46. The van der Waals surface area contributed by atoms with Crippen molar-refractivity contribution in [1.29, 1.82) is 0 Å². The number of halogens is 1. The first-order chi connectivity index (χ1) is 25.2. The molecule has 268 valence electrons. The fourth-order valence-corrected chi connectivity index (χ4v) is 6.41. The molecule has 0 N–H and O–H groups in total. The van der Waals surface area contributed by atoms with Crippen LogP contribution in [0.1, 0.15) is 45.9 Å². The van der Waals surface area contributed by atoms with Gasteiger partial charge in [-0.05, 0) is 91.9 Å². The van der Waals surface area contributed by atoms with E-state index in [2.05, 4.69) is 84.4 Å². The summed E-state index contributed by atoms with van der Waals surface area (Å²) >= 11 is 6.68. The second-order valence-electron chi connectivity index (χ2n) is 13.5. The van der Waals surface area contributed by atoms with E-state index in [0.717, 1.165) is 48.5 Å². The highest BCUT2D eigenvalue weighted by molar-refractivity contribution is 6.32. The van der Waals surface area contributed by atoms with Gasteiger partial charge in [-0.25, -0.2) is 4.98 Å². The Balaban J connectivity index is 0.955. The third kappa shape index (κ3) is 10.2. The van der Waals surface area contributed by atoms with Gasteiger partial charge in [-0.3, -0.25) is 9.69 Å². The number of nitrogens with zero attached hydrogens (tertiary/aromatic N) is 3. The van der Waals surface area contributed by atoms with Crippen LogP contribution in [0.5, 0.6) is 23.1 Å². The van der Waals surface area contributed by atoms with Crippen LogP contribution in [0, 0.1) is 20.8 Å². The third-order valence-electron chi connectivity index (χ3n) is 9.18. The summed E-state index contributed by atoms with van der Waals surface area (Å²) in [6.07, 6.45) is 4.40. The minimum absolute atomic E-state index is 0.0415. The normalized spacial score (nSPS) is 13.6. The number of carbonyl (C=O) groups excluding carboxylic acids is 1. The van der Waals surface area contributed by atoms with Crippen LogP contribution in [0.25, 0.3) is 6.08 Å². The first-order valence-electron chi connectivity index (χ1n) is 17.8. The molecule has 1 amide bonds. The van der Waals surface area contributed by atoms with Gasteiger partial charge >= 0.3 is 0 Å². The Hall–Kier alpha value is -5.11. The van der Waals surface area contributed by atoms with E-state index in [0.29, 0.717) is 54.3 Å². The molecule has 0 atom stereocenters. The molecule has 0 spiro atoms. The fourth-order valence-electron chi connectivity index (χ4n) is 6.10. The molecule has 1 aliphatic rings. The van der Waals surface area contributed by atoms with Crippen LogP contribution in [0.3, 0.4) is 0 Å². The number of rotatable bonds is 13. The second-order valence-corrected chi connectivity index (χ2v) is 13.9. The zero-order valence-corrected chi connectivity index (χ0v) is 31.2. The summed E-state index contributed by atoms with van der Waals surface area (Å²) in [6, 6.07) is 32.5. The van der Waals surface area contributed by atoms with Gasteiger partial charge in [0.25, 0.3) is 0 Å². The second kappa shape index (κ2) is 17.4. The number of aryl methyl sites for hydroxylation is 3. The monoisotopic (exact) mass is 715 g/mol. The maximum Gasteiger partial charge on any atom is 0.249 e. The highest BCUT2D eigenvalue weighted by Gasteiger charge is 2.22. The number of ether oxygens (including phenoxy) is 3. The van der Waals surface area contributed by atoms with Crippen molar-refractivity contribution >= 4 is 23.6 Å². The molecule has 6 rings (SSSR count). The highest BCUT2D eigenvalue weighted by Crippen LogP contribution is 2.34. The van der Waals surface area contributed by atoms with Gasteiger partial charge in [0, 0.05) is 50.8 Å². The van der Waals surface area contributed by atoms with Gasteiger partial charge in [0.2, 0.25) is 11.8 Å². The van der Waals surface area contributed by atoms with Crippen molar-refractivity contribution in [3.05, 3.63) is 153 Å². The SMILES string of the molecule is C/C(=C\c1cc(C)c(Oc2ccc(OCc3ccc(C)cc3)cn2)c(Cl)c1)C(=O)N1CCN(Cc2ccc(CCOc3ccc(C)cc3)cc2)CC1. The van der Waals surface area contributed by atoms with Crippen molar-refractivity contribution in [2.24, 2.45) is 0 Å². The van der Waals surface area contributed by atoms with E-state index in [-0.39, 0.29) is 5.91 Å². The van der Waals surface area contributed by atoms with E-state index >= 15 is 0 Å². The van der Waals surface area contributed by atoms with Crippen molar-refractivity contribution in [1.82, 2.24) is 14.8 Å². The van der Waals surface area contributed by atoms with Gasteiger partial charge in [0.05, 0.1) is 17.8 Å². The molecule has 1 saturated heterocycles. The Morgan fingerprint density at radius 1 is 0.769 bits per heavy atom. The van der Waals surface area contributed by atoms with Gasteiger partial charge < -0.3 is 19.1 Å². The zero-order chi connectivity index (χ0) is 36.5. The summed E-state index contributed by atoms with van der Waals surface area (Å²) in [5.41, 5.74) is 8.42. The minimum Gasteiger partial charge on any atom is -0.493 e. The Labute approximate surface area is 312 Å². The number of benzene rings is 4. The smallest absolute Gasteiger partial charge is 0.249 e. The maximum atomic E-state index is 13.4. The summed E-state index contributed by atoms with van der Waals surface area (Å²) in [5, 5.41) is 0.449. The molecular weight excluding hydrogens is 670 g/mol. The molecule has 1 aliphatic heterocycles. The Morgan fingerprint density at radius 2 is 1.40 bits per heavy atom. The molecule has 0 radical (unpaired) electrons. The van der Waals surface area contributed by atoms with Crippen LogP contribution < -0.4 is 14.2 Å². The van der Waals surface area contributed by atoms with Crippen molar-refractivity contribution < 1.29 is 19.0 Å². The molecule has 7 nitrogen and oxygen atoms in total. The van der Waals surface area contributed by atoms with Crippen molar-refractivity contribution in [2.45, 2.75) is 47.3 Å². The number of aromatic nitrogens is 1. The molecule has 0 bridgehead atoms. The lowest BCUT2D eigenvalue weighted by atomic mass is 10.1. The Kier molecular flexibility index (Phi) is 12.3. The van der Waals surface area contributed by atoms with Gasteiger partial charge in [0.15, 0.2) is 5.75 Å². The van der Waals surface area contributed by atoms with E-state index in [1.54, 1.807) is 12.3 Å². The fraction of sp³-hybridized carbons (Fsp3) is 0.273. The molecular formula is C44H46ClN3O4. The van der Waals surface area contributed by atoms with E-state index in [1.165, 1.54) is 22.3 Å². The van der Waals surface area contributed by atoms with E-state index in [4.69, 9.17) is 25.8 Å². The molecule has 0 aliphatic carbocycles. The van der Waals surface area contributed by atoms with Crippen LogP contribution in [0.4, 0.5) is 0 Å². The number of carbonyl (C=O) groups is 1. The maximum absolute atomic E-state index is 13.4. The van der Waals surface area contributed by atoms with E-state index < -0.39 is 0 Å². The summed E-state index contributed by atoms with van der Waals surface area (Å²) < 4.78 is 17.8. The quantitative estimate of drug-likeness (QED) is 0.113. The number of hydrogen-bond donors (Lipinski definition) is 0. The van der Waals surface area contributed by atoms with Crippen LogP contribution >= 0.6 is 11.6 Å². The first-order valence-corrected chi connectivity index (χ1v) is 18.2. The lowest BCUT2D eigenvalue weighted by Crippen LogP contribution is -2.48. The lowest BCUT2D eigenvalue weighted by Gasteiger charge is -2.35. The Morgan fingerprint density at radius 3 is 2.06 bits per heavy atom. The zero-order valence-electron chi connectivity index (χ0n) is 30.4. The molecule has 0 unspecified atom stereocenters. The topological polar surface area (TPSA) is 64.1 Å². The lowest BCUT2D eigenvalue weighted by molar-refractivity contribution is -0.128. The van der Waals surface area contributed by atoms with Crippen molar-refractivity contribution in [3.63, 3.8) is 0 Å². The molecule has 1 aromatic heterocycles. The van der Waals surface area contributed by atoms with Crippen molar-refractivity contribution in [2.75, 3.05) is 32.8 Å². The summed E-state index contributed by atoms with van der Waals surface area (Å²) in [5.74, 6) is 2.54.